The van der Waals surface area contributed by atoms with E-state index in [1.807, 2.05) is 0 Å². The van der Waals surface area contributed by atoms with E-state index in [0.29, 0.717) is 0 Å². The summed E-state index contributed by atoms with van der Waals surface area (Å²) >= 11 is 0. The van der Waals surface area contributed by atoms with Crippen LogP contribution >= 0.6 is 0 Å². The molecule has 0 heteroatoms. The summed E-state index contributed by atoms with van der Waals surface area (Å²) in [5.41, 5.74) is 0. The first kappa shape index (κ1) is 16.0. The van der Waals surface area contributed by atoms with Crippen molar-refractivity contribution in [2.75, 3.05) is 0 Å². The predicted molar refractivity (Wildman–Crippen MR) is 75.9 cm³/mol. The van der Waals surface area contributed by atoms with Crippen molar-refractivity contribution in [3.05, 3.63) is 0 Å². The molecule has 0 aliphatic rings. The third kappa shape index (κ3) is 10.5. The molecule has 0 atom stereocenters. The molecule has 0 nitrogen and oxygen atoms in total. The van der Waals surface area contributed by atoms with Gasteiger partial charge in [-0.25, -0.2) is 0 Å². The molecule has 0 aliphatic heterocycles. The van der Waals surface area contributed by atoms with E-state index in [-0.39, 0.29) is 0 Å². The summed E-state index contributed by atoms with van der Waals surface area (Å²) in [6, 6.07) is 0. The van der Waals surface area contributed by atoms with Crippen molar-refractivity contribution < 1.29 is 0 Å². The Morgan fingerprint density at radius 3 is 1.50 bits per heavy atom. The van der Waals surface area contributed by atoms with E-state index < -0.39 is 0 Å². The van der Waals surface area contributed by atoms with Gasteiger partial charge in [-0.1, -0.05) is 97.8 Å². The highest BCUT2D eigenvalue weighted by molar-refractivity contribution is 4.58. The van der Waals surface area contributed by atoms with Crippen LogP contribution in [0, 0.1) is 5.92 Å². The highest BCUT2D eigenvalue weighted by Gasteiger charge is 2.05. The van der Waals surface area contributed by atoms with Crippen LogP contribution in [0.3, 0.4) is 0 Å². The van der Waals surface area contributed by atoms with Crippen LogP contribution in [0.2, 0.25) is 0 Å². The minimum atomic E-state index is 1.03. The Balaban J connectivity index is 3.25. The molecular weight excluding hydrogens is 192 g/mol. The van der Waals surface area contributed by atoms with Crippen molar-refractivity contribution in [3.63, 3.8) is 0 Å². The zero-order valence-electron chi connectivity index (χ0n) is 12.1. The van der Waals surface area contributed by atoms with Crippen LogP contribution in [0.25, 0.3) is 0 Å². The molecule has 0 saturated heterocycles. The molecule has 0 radical (unpaired) electrons. The Morgan fingerprint density at radius 1 is 0.500 bits per heavy atom. The molecule has 0 amide bonds. The summed E-state index contributed by atoms with van der Waals surface area (Å²) in [6.45, 7) is 6.95. The lowest BCUT2D eigenvalue weighted by molar-refractivity contribution is 0.390. The summed E-state index contributed by atoms with van der Waals surface area (Å²) in [5, 5.41) is 0. The Hall–Kier alpha value is 0. The van der Waals surface area contributed by atoms with Crippen molar-refractivity contribution in [1.29, 1.82) is 0 Å². The molecule has 0 aromatic heterocycles. The first-order valence-electron chi connectivity index (χ1n) is 7.85. The molecule has 0 heterocycles. The Kier molecular flexibility index (Phi) is 13.1. The normalized spacial score (nSPS) is 11.2. The molecule has 0 rings (SSSR count). The average molecular weight is 226 g/mol. The number of hydrogen-bond donors (Lipinski definition) is 0. The second-order valence-corrected chi connectivity index (χ2v) is 5.35. The topological polar surface area (TPSA) is 0 Å². The molecule has 0 saturated carbocycles. The maximum absolute atomic E-state index is 2.33. The summed E-state index contributed by atoms with van der Waals surface area (Å²) in [7, 11) is 0. The van der Waals surface area contributed by atoms with Gasteiger partial charge in [0.15, 0.2) is 0 Å². The average Bonchev–Trinajstić information content (AvgIpc) is 2.28. The van der Waals surface area contributed by atoms with Gasteiger partial charge in [-0.15, -0.1) is 0 Å². The fourth-order valence-electron chi connectivity index (χ4n) is 2.64. The summed E-state index contributed by atoms with van der Waals surface area (Å²) in [5.74, 6) is 1.03. The fourth-order valence-corrected chi connectivity index (χ4v) is 2.64. The van der Waals surface area contributed by atoms with Gasteiger partial charge in [0, 0.05) is 0 Å². The lowest BCUT2D eigenvalue weighted by Gasteiger charge is -2.14. The zero-order valence-corrected chi connectivity index (χ0v) is 12.1. The minimum Gasteiger partial charge on any atom is -0.0654 e. The van der Waals surface area contributed by atoms with Crippen LogP contribution in [-0.4, -0.2) is 0 Å². The van der Waals surface area contributed by atoms with Gasteiger partial charge in [0.05, 0.1) is 0 Å². The van der Waals surface area contributed by atoms with Gasteiger partial charge in [-0.05, 0) is 5.92 Å². The maximum Gasteiger partial charge on any atom is -0.0414 e. The summed E-state index contributed by atoms with van der Waals surface area (Å²) in [6.07, 6.45) is 17.4. The van der Waals surface area contributed by atoms with Gasteiger partial charge in [-0.3, -0.25) is 0 Å². The van der Waals surface area contributed by atoms with E-state index in [2.05, 4.69) is 20.8 Å². The Labute approximate surface area is 104 Å². The van der Waals surface area contributed by atoms with E-state index in [4.69, 9.17) is 0 Å². The number of unbranched alkanes of at least 4 members (excludes halogenated alkanes) is 6. The van der Waals surface area contributed by atoms with Gasteiger partial charge in [0.1, 0.15) is 0 Å². The van der Waals surface area contributed by atoms with Gasteiger partial charge < -0.3 is 0 Å². The molecular formula is C16H34. The summed E-state index contributed by atoms with van der Waals surface area (Å²) < 4.78 is 0. The summed E-state index contributed by atoms with van der Waals surface area (Å²) in [4.78, 5) is 0. The van der Waals surface area contributed by atoms with Gasteiger partial charge in [0.25, 0.3) is 0 Å². The number of hydrogen-bond acceptors (Lipinski definition) is 0. The first-order valence-corrected chi connectivity index (χ1v) is 7.85. The van der Waals surface area contributed by atoms with Crippen LogP contribution in [0.5, 0.6) is 0 Å². The standard InChI is InChI=1S/C16H34/c1-4-7-8-9-10-11-12-15-16(13-5-2)14-6-3/h16H,4-15H2,1-3H3. The van der Waals surface area contributed by atoms with Crippen LogP contribution in [-0.2, 0) is 0 Å². The molecule has 0 aromatic rings. The molecule has 16 heavy (non-hydrogen) atoms. The maximum atomic E-state index is 2.33. The first-order chi connectivity index (χ1) is 7.85. The monoisotopic (exact) mass is 226 g/mol. The third-order valence-corrected chi connectivity index (χ3v) is 3.61. The second kappa shape index (κ2) is 13.1. The van der Waals surface area contributed by atoms with Crippen molar-refractivity contribution >= 4 is 0 Å². The van der Waals surface area contributed by atoms with Crippen LogP contribution in [0.15, 0.2) is 0 Å². The Morgan fingerprint density at radius 2 is 1.00 bits per heavy atom. The van der Waals surface area contributed by atoms with E-state index >= 15 is 0 Å². The molecule has 0 fully saturated rings. The van der Waals surface area contributed by atoms with E-state index in [0.717, 1.165) is 5.92 Å². The Bertz CT molecular complexity index is 111. The van der Waals surface area contributed by atoms with Crippen molar-refractivity contribution in [1.82, 2.24) is 0 Å². The predicted octanol–water partition coefficient (Wildman–Crippen LogP) is 6.34. The fraction of sp³-hybridized carbons (Fsp3) is 1.00. The third-order valence-electron chi connectivity index (χ3n) is 3.61. The van der Waals surface area contributed by atoms with E-state index in [1.165, 1.54) is 77.0 Å². The van der Waals surface area contributed by atoms with Crippen molar-refractivity contribution in [3.8, 4) is 0 Å². The molecule has 0 spiro atoms. The molecule has 0 N–H and O–H groups in total. The molecule has 98 valence electrons. The quantitative estimate of drug-likeness (QED) is 0.340. The van der Waals surface area contributed by atoms with Crippen LogP contribution in [0.1, 0.15) is 97.8 Å². The second-order valence-electron chi connectivity index (χ2n) is 5.35. The molecule has 0 bridgehead atoms. The van der Waals surface area contributed by atoms with Crippen LogP contribution < -0.4 is 0 Å². The van der Waals surface area contributed by atoms with E-state index in [9.17, 15) is 0 Å². The zero-order chi connectivity index (χ0) is 12.1. The molecule has 0 aliphatic carbocycles. The highest BCUT2D eigenvalue weighted by Crippen LogP contribution is 2.21. The SMILES string of the molecule is CCCCCCCCCC(CCC)CCC. The van der Waals surface area contributed by atoms with Crippen molar-refractivity contribution in [2.24, 2.45) is 5.92 Å². The molecule has 0 aromatic carbocycles. The number of rotatable bonds is 12. The highest BCUT2D eigenvalue weighted by atomic mass is 14.1. The van der Waals surface area contributed by atoms with Gasteiger partial charge in [-0.2, -0.15) is 0 Å². The molecule has 0 unspecified atom stereocenters. The lowest BCUT2D eigenvalue weighted by Crippen LogP contribution is -1.99. The van der Waals surface area contributed by atoms with Crippen LogP contribution in [0.4, 0.5) is 0 Å². The smallest absolute Gasteiger partial charge is 0.0414 e. The van der Waals surface area contributed by atoms with Gasteiger partial charge in [0.2, 0.25) is 0 Å². The largest absolute Gasteiger partial charge is 0.0654 e. The lowest BCUT2D eigenvalue weighted by atomic mass is 9.92. The minimum absolute atomic E-state index is 1.03. The van der Waals surface area contributed by atoms with Gasteiger partial charge >= 0.3 is 0 Å². The van der Waals surface area contributed by atoms with Crippen molar-refractivity contribution in [2.45, 2.75) is 97.8 Å². The van der Waals surface area contributed by atoms with E-state index in [1.54, 1.807) is 0 Å².